The van der Waals surface area contributed by atoms with Gasteiger partial charge in [0.05, 0.1) is 13.2 Å². The van der Waals surface area contributed by atoms with Crippen molar-refractivity contribution in [3.05, 3.63) is 11.7 Å². The van der Waals surface area contributed by atoms with E-state index in [1.807, 2.05) is 0 Å². The van der Waals surface area contributed by atoms with Crippen LogP contribution in [0.1, 0.15) is 38.1 Å². The molecule has 0 amide bonds. The molecule has 1 fully saturated rings. The third-order valence-electron chi connectivity index (χ3n) is 3.26. The molecule has 6 heteroatoms. The molecule has 0 radical (unpaired) electrons. The number of morpholine rings is 1. The van der Waals surface area contributed by atoms with E-state index in [2.05, 4.69) is 41.3 Å². The van der Waals surface area contributed by atoms with E-state index in [-0.39, 0.29) is 6.10 Å². The standard InChI is InChI=1S/C12H22N4O2/c1-4-9(2)13-7-11-14-12(15-18-11)10-8-16(3)5-6-17-10/h9-10,13H,4-8H2,1-3H3. The van der Waals surface area contributed by atoms with Crippen LogP contribution in [0.15, 0.2) is 4.52 Å². The summed E-state index contributed by atoms with van der Waals surface area (Å²) in [7, 11) is 2.07. The van der Waals surface area contributed by atoms with Crippen molar-refractivity contribution in [3.63, 3.8) is 0 Å². The van der Waals surface area contributed by atoms with E-state index in [0.717, 1.165) is 26.1 Å². The molecule has 1 aromatic rings. The van der Waals surface area contributed by atoms with Crippen LogP contribution >= 0.6 is 0 Å². The van der Waals surface area contributed by atoms with Gasteiger partial charge in [0.25, 0.3) is 0 Å². The monoisotopic (exact) mass is 254 g/mol. The predicted octanol–water partition coefficient (Wildman–Crippen LogP) is 0.961. The summed E-state index contributed by atoms with van der Waals surface area (Å²) in [5.41, 5.74) is 0. The molecule has 1 aromatic heterocycles. The van der Waals surface area contributed by atoms with Gasteiger partial charge in [-0.15, -0.1) is 0 Å². The third kappa shape index (κ3) is 3.51. The summed E-state index contributed by atoms with van der Waals surface area (Å²) in [5, 5.41) is 7.33. The van der Waals surface area contributed by atoms with Gasteiger partial charge in [-0.1, -0.05) is 12.1 Å². The van der Waals surface area contributed by atoms with Crippen molar-refractivity contribution in [2.24, 2.45) is 0 Å². The Morgan fingerprint density at radius 1 is 1.56 bits per heavy atom. The SMILES string of the molecule is CCC(C)NCc1nc(C2CN(C)CCO2)no1. The molecule has 2 atom stereocenters. The minimum Gasteiger partial charge on any atom is -0.367 e. The maximum absolute atomic E-state index is 5.65. The van der Waals surface area contributed by atoms with Crippen molar-refractivity contribution in [3.8, 4) is 0 Å². The van der Waals surface area contributed by atoms with Gasteiger partial charge in [0.2, 0.25) is 11.7 Å². The maximum Gasteiger partial charge on any atom is 0.240 e. The number of nitrogens with one attached hydrogen (secondary N) is 1. The molecule has 1 aliphatic heterocycles. The molecular weight excluding hydrogens is 232 g/mol. The van der Waals surface area contributed by atoms with Crippen molar-refractivity contribution in [2.75, 3.05) is 26.7 Å². The molecular formula is C12H22N4O2. The smallest absolute Gasteiger partial charge is 0.240 e. The Morgan fingerprint density at radius 3 is 3.11 bits per heavy atom. The molecule has 1 aliphatic rings. The van der Waals surface area contributed by atoms with Crippen LogP contribution in [0.3, 0.4) is 0 Å². The summed E-state index contributed by atoms with van der Waals surface area (Å²) in [6, 6.07) is 0.456. The first kappa shape index (κ1) is 13.5. The lowest BCUT2D eigenvalue weighted by Crippen LogP contribution is -2.35. The first-order valence-corrected chi connectivity index (χ1v) is 6.55. The highest BCUT2D eigenvalue weighted by molar-refractivity contribution is 4.93. The van der Waals surface area contributed by atoms with Gasteiger partial charge in [-0.25, -0.2) is 0 Å². The maximum atomic E-state index is 5.65. The van der Waals surface area contributed by atoms with E-state index >= 15 is 0 Å². The molecule has 0 spiro atoms. The van der Waals surface area contributed by atoms with Crippen LogP contribution in [0.2, 0.25) is 0 Å². The zero-order chi connectivity index (χ0) is 13.0. The van der Waals surface area contributed by atoms with Gasteiger partial charge >= 0.3 is 0 Å². The molecule has 2 unspecified atom stereocenters. The Morgan fingerprint density at radius 2 is 2.39 bits per heavy atom. The van der Waals surface area contributed by atoms with Gasteiger partial charge in [0, 0.05) is 19.1 Å². The van der Waals surface area contributed by atoms with Crippen molar-refractivity contribution >= 4 is 0 Å². The molecule has 0 bridgehead atoms. The number of hydrogen-bond acceptors (Lipinski definition) is 6. The van der Waals surface area contributed by atoms with Crippen molar-refractivity contribution in [1.82, 2.24) is 20.4 Å². The Hall–Kier alpha value is -0.980. The second-order valence-electron chi connectivity index (χ2n) is 4.86. The highest BCUT2D eigenvalue weighted by Crippen LogP contribution is 2.18. The Balaban J connectivity index is 1.89. The fourth-order valence-corrected chi connectivity index (χ4v) is 1.81. The summed E-state index contributed by atoms with van der Waals surface area (Å²) in [5.74, 6) is 1.28. The van der Waals surface area contributed by atoms with E-state index in [0.29, 0.717) is 24.3 Å². The largest absolute Gasteiger partial charge is 0.367 e. The molecule has 0 saturated carbocycles. The minimum absolute atomic E-state index is 0.0650. The molecule has 1 N–H and O–H groups in total. The number of hydrogen-bond donors (Lipinski definition) is 1. The van der Waals surface area contributed by atoms with Crippen LogP contribution in [0, 0.1) is 0 Å². The predicted molar refractivity (Wildman–Crippen MR) is 67.1 cm³/mol. The van der Waals surface area contributed by atoms with Crippen molar-refractivity contribution in [1.29, 1.82) is 0 Å². The van der Waals surface area contributed by atoms with E-state index in [1.165, 1.54) is 0 Å². The zero-order valence-corrected chi connectivity index (χ0v) is 11.3. The van der Waals surface area contributed by atoms with E-state index in [1.54, 1.807) is 0 Å². The molecule has 2 rings (SSSR count). The second kappa shape index (κ2) is 6.26. The van der Waals surface area contributed by atoms with Gasteiger partial charge in [-0.3, -0.25) is 0 Å². The van der Waals surface area contributed by atoms with Gasteiger partial charge in [-0.2, -0.15) is 4.98 Å². The number of likely N-dealkylation sites (N-methyl/N-ethyl adjacent to an activating group) is 1. The molecule has 6 nitrogen and oxygen atoms in total. The number of aromatic nitrogens is 2. The van der Waals surface area contributed by atoms with Crippen LogP contribution in [0.5, 0.6) is 0 Å². The lowest BCUT2D eigenvalue weighted by Gasteiger charge is -2.27. The van der Waals surface area contributed by atoms with Gasteiger partial charge in [0.1, 0.15) is 6.10 Å². The number of nitrogens with zero attached hydrogens (tertiary/aromatic N) is 3. The van der Waals surface area contributed by atoms with Crippen LogP contribution in [-0.2, 0) is 11.3 Å². The molecule has 2 heterocycles. The van der Waals surface area contributed by atoms with Crippen LogP contribution in [-0.4, -0.2) is 47.8 Å². The number of ether oxygens (including phenoxy) is 1. The topological polar surface area (TPSA) is 63.4 Å². The van der Waals surface area contributed by atoms with Crippen LogP contribution in [0.4, 0.5) is 0 Å². The fraction of sp³-hybridized carbons (Fsp3) is 0.833. The first-order valence-electron chi connectivity index (χ1n) is 6.55. The summed E-state index contributed by atoms with van der Waals surface area (Å²) >= 11 is 0. The fourth-order valence-electron chi connectivity index (χ4n) is 1.81. The minimum atomic E-state index is -0.0650. The summed E-state index contributed by atoms with van der Waals surface area (Å²) < 4.78 is 10.9. The van der Waals surface area contributed by atoms with E-state index in [4.69, 9.17) is 9.26 Å². The Labute approximate surface area is 108 Å². The van der Waals surface area contributed by atoms with Crippen molar-refractivity contribution in [2.45, 2.75) is 39.0 Å². The second-order valence-corrected chi connectivity index (χ2v) is 4.86. The van der Waals surface area contributed by atoms with Gasteiger partial charge in [0.15, 0.2) is 0 Å². The van der Waals surface area contributed by atoms with Crippen molar-refractivity contribution < 1.29 is 9.26 Å². The molecule has 1 saturated heterocycles. The Kier molecular flexibility index (Phi) is 4.68. The summed E-state index contributed by atoms with van der Waals surface area (Å²) in [6.45, 7) is 7.38. The van der Waals surface area contributed by atoms with Crippen LogP contribution in [0.25, 0.3) is 0 Å². The quantitative estimate of drug-likeness (QED) is 0.844. The van der Waals surface area contributed by atoms with E-state index < -0.39 is 0 Å². The lowest BCUT2D eigenvalue weighted by atomic mass is 10.2. The zero-order valence-electron chi connectivity index (χ0n) is 11.3. The summed E-state index contributed by atoms with van der Waals surface area (Å²) in [6.07, 6.45) is 1.02. The average molecular weight is 254 g/mol. The van der Waals surface area contributed by atoms with E-state index in [9.17, 15) is 0 Å². The van der Waals surface area contributed by atoms with Gasteiger partial charge < -0.3 is 19.5 Å². The third-order valence-corrected chi connectivity index (χ3v) is 3.26. The molecule has 0 aromatic carbocycles. The normalized spacial score (nSPS) is 23.2. The summed E-state index contributed by atoms with van der Waals surface area (Å²) in [4.78, 5) is 6.59. The average Bonchev–Trinajstić information content (AvgIpc) is 2.84. The van der Waals surface area contributed by atoms with Crippen LogP contribution < -0.4 is 5.32 Å². The molecule has 102 valence electrons. The lowest BCUT2D eigenvalue weighted by molar-refractivity contribution is -0.0264. The molecule has 0 aliphatic carbocycles. The first-order chi connectivity index (χ1) is 8.69. The highest BCUT2D eigenvalue weighted by Gasteiger charge is 2.24. The number of rotatable bonds is 5. The Bertz CT molecular complexity index is 369. The highest BCUT2D eigenvalue weighted by atomic mass is 16.5. The van der Waals surface area contributed by atoms with Gasteiger partial charge in [-0.05, 0) is 20.4 Å². The molecule has 18 heavy (non-hydrogen) atoms.